The summed E-state index contributed by atoms with van der Waals surface area (Å²) in [6.07, 6.45) is 0. The van der Waals surface area contributed by atoms with E-state index in [-0.39, 0.29) is 16.6 Å². The molecule has 1 aromatic carbocycles. The van der Waals surface area contributed by atoms with E-state index < -0.39 is 0 Å². The summed E-state index contributed by atoms with van der Waals surface area (Å²) in [5.74, 6) is -0.389. The summed E-state index contributed by atoms with van der Waals surface area (Å²) in [4.78, 5) is 0. The molecule has 0 fully saturated rings. The molecule has 0 unspecified atom stereocenters. The van der Waals surface area contributed by atoms with E-state index in [9.17, 15) is 0 Å². The molecule has 0 saturated carbocycles. The van der Waals surface area contributed by atoms with E-state index in [1.165, 1.54) is 12.1 Å². The highest BCUT2D eigenvalue weighted by Crippen LogP contribution is 2.26. The normalized spacial score (nSPS) is 9.33. The van der Waals surface area contributed by atoms with E-state index in [2.05, 4.69) is 17.5 Å². The van der Waals surface area contributed by atoms with Gasteiger partial charge in [0.1, 0.15) is 0 Å². The summed E-state index contributed by atoms with van der Waals surface area (Å²) in [5.41, 5.74) is 5.73. The number of aromatic hydroxyl groups is 2. The molecule has 5 heteroatoms. The third-order valence-corrected chi connectivity index (χ3v) is 1.35. The van der Waals surface area contributed by atoms with Gasteiger partial charge in [0.15, 0.2) is 16.6 Å². The summed E-state index contributed by atoms with van der Waals surface area (Å²) < 4.78 is 0. The summed E-state index contributed by atoms with van der Waals surface area (Å²) >= 11 is 4.58. The first-order valence-corrected chi connectivity index (χ1v) is 3.59. The lowest BCUT2D eigenvalue weighted by Gasteiger charge is -2.04. The Morgan fingerprint density at radius 1 is 1.33 bits per heavy atom. The number of phenolic OH excluding ortho intramolecular Hbond substituents is 2. The first-order valence-electron chi connectivity index (χ1n) is 3.18. The van der Waals surface area contributed by atoms with E-state index in [0.717, 1.165) is 0 Å². The van der Waals surface area contributed by atoms with Gasteiger partial charge in [0.2, 0.25) is 0 Å². The third-order valence-electron chi connectivity index (χ3n) is 1.24. The number of phenols is 2. The van der Waals surface area contributed by atoms with Crippen LogP contribution in [0.1, 0.15) is 0 Å². The average Bonchev–Trinajstić information content (AvgIpc) is 1.96. The van der Waals surface area contributed by atoms with Crippen LogP contribution in [0.25, 0.3) is 0 Å². The minimum atomic E-state index is -0.212. The van der Waals surface area contributed by atoms with Crippen molar-refractivity contribution in [3.05, 3.63) is 18.2 Å². The zero-order valence-corrected chi connectivity index (χ0v) is 6.93. The van der Waals surface area contributed by atoms with Crippen molar-refractivity contribution >= 4 is 23.0 Å². The van der Waals surface area contributed by atoms with Crippen molar-refractivity contribution in [2.24, 2.45) is 5.73 Å². The van der Waals surface area contributed by atoms with Crippen molar-refractivity contribution in [1.82, 2.24) is 0 Å². The number of nitrogens with two attached hydrogens (primary N) is 1. The summed E-state index contributed by atoms with van der Waals surface area (Å²) in [5, 5.41) is 20.7. The predicted molar refractivity (Wildman–Crippen MR) is 50.2 cm³/mol. The molecule has 5 N–H and O–H groups in total. The monoisotopic (exact) mass is 184 g/mol. The lowest BCUT2D eigenvalue weighted by atomic mass is 10.3. The Labute approximate surface area is 74.6 Å². The van der Waals surface area contributed by atoms with Crippen molar-refractivity contribution in [2.75, 3.05) is 5.32 Å². The van der Waals surface area contributed by atoms with Gasteiger partial charge in [-0.05, 0) is 24.4 Å². The molecule has 4 nitrogen and oxygen atoms in total. The molecule has 0 spiro atoms. The van der Waals surface area contributed by atoms with Crippen molar-refractivity contribution in [1.29, 1.82) is 0 Å². The van der Waals surface area contributed by atoms with E-state index in [1.54, 1.807) is 6.07 Å². The summed E-state index contributed by atoms with van der Waals surface area (Å²) in [6.45, 7) is 0. The molecule has 0 aromatic heterocycles. The first kappa shape index (κ1) is 8.61. The number of hydrogen-bond donors (Lipinski definition) is 4. The molecule has 0 aliphatic heterocycles. The fourth-order valence-corrected chi connectivity index (χ4v) is 0.861. The molecule has 0 aliphatic rings. The molecule has 0 aliphatic carbocycles. The van der Waals surface area contributed by atoms with Gasteiger partial charge in [0, 0.05) is 11.8 Å². The standard InChI is InChI=1S/C7H8N2O2S/c8-7(12)9-4-1-2-5(10)6(11)3-4/h1-3,10-11H,(H3,8,9,12). The van der Waals surface area contributed by atoms with Gasteiger partial charge in [0.25, 0.3) is 0 Å². The van der Waals surface area contributed by atoms with Gasteiger partial charge in [-0.2, -0.15) is 0 Å². The highest BCUT2D eigenvalue weighted by Gasteiger charge is 1.99. The quantitative estimate of drug-likeness (QED) is 0.294. The molecule has 0 heterocycles. The maximum Gasteiger partial charge on any atom is 0.168 e. The van der Waals surface area contributed by atoms with Gasteiger partial charge in [0.05, 0.1) is 0 Å². The zero-order valence-electron chi connectivity index (χ0n) is 6.11. The van der Waals surface area contributed by atoms with Crippen LogP contribution in [0, 0.1) is 0 Å². The first-order chi connectivity index (χ1) is 5.59. The van der Waals surface area contributed by atoms with E-state index >= 15 is 0 Å². The Kier molecular flexibility index (Phi) is 2.35. The van der Waals surface area contributed by atoms with Crippen molar-refractivity contribution in [2.45, 2.75) is 0 Å². The zero-order chi connectivity index (χ0) is 9.14. The fraction of sp³-hybridized carbons (Fsp3) is 0. The Bertz CT molecular complexity index is 314. The molecular weight excluding hydrogens is 176 g/mol. The number of thiocarbonyl (C=S) groups is 1. The van der Waals surface area contributed by atoms with Gasteiger partial charge in [-0.15, -0.1) is 0 Å². The Morgan fingerprint density at radius 3 is 2.50 bits per heavy atom. The van der Waals surface area contributed by atoms with Crippen LogP contribution < -0.4 is 11.1 Å². The molecule has 64 valence electrons. The van der Waals surface area contributed by atoms with E-state index in [0.29, 0.717) is 5.69 Å². The van der Waals surface area contributed by atoms with Crippen molar-refractivity contribution in [3.63, 3.8) is 0 Å². The van der Waals surface area contributed by atoms with Gasteiger partial charge >= 0.3 is 0 Å². The predicted octanol–water partition coefficient (Wildman–Crippen LogP) is 0.753. The largest absolute Gasteiger partial charge is 0.504 e. The molecule has 0 amide bonds. The van der Waals surface area contributed by atoms with Crippen LogP contribution in [-0.4, -0.2) is 15.3 Å². The second kappa shape index (κ2) is 3.27. The number of rotatable bonds is 1. The Morgan fingerprint density at radius 2 is 2.00 bits per heavy atom. The topological polar surface area (TPSA) is 78.5 Å². The van der Waals surface area contributed by atoms with Crippen LogP contribution in [-0.2, 0) is 0 Å². The minimum absolute atomic E-state index is 0.111. The summed E-state index contributed by atoms with van der Waals surface area (Å²) in [6, 6.07) is 4.22. The van der Waals surface area contributed by atoms with E-state index in [4.69, 9.17) is 15.9 Å². The molecule has 0 radical (unpaired) electrons. The highest BCUT2D eigenvalue weighted by atomic mass is 32.1. The number of hydrogen-bond acceptors (Lipinski definition) is 3. The smallest absolute Gasteiger partial charge is 0.168 e. The Balaban J connectivity index is 2.89. The van der Waals surface area contributed by atoms with Crippen LogP contribution in [0.4, 0.5) is 5.69 Å². The van der Waals surface area contributed by atoms with Gasteiger partial charge < -0.3 is 21.3 Å². The minimum Gasteiger partial charge on any atom is -0.504 e. The lowest BCUT2D eigenvalue weighted by Crippen LogP contribution is -2.18. The maximum absolute atomic E-state index is 9.04. The van der Waals surface area contributed by atoms with Crippen LogP contribution in [0.5, 0.6) is 11.5 Å². The second-order valence-corrected chi connectivity index (χ2v) is 2.63. The fourth-order valence-electron chi connectivity index (χ4n) is 0.743. The molecule has 12 heavy (non-hydrogen) atoms. The van der Waals surface area contributed by atoms with Crippen LogP contribution in [0.3, 0.4) is 0 Å². The van der Waals surface area contributed by atoms with Crippen LogP contribution >= 0.6 is 12.2 Å². The van der Waals surface area contributed by atoms with Gasteiger partial charge in [-0.25, -0.2) is 0 Å². The van der Waals surface area contributed by atoms with Crippen LogP contribution in [0.15, 0.2) is 18.2 Å². The van der Waals surface area contributed by atoms with Crippen molar-refractivity contribution < 1.29 is 10.2 Å². The van der Waals surface area contributed by atoms with Crippen molar-refractivity contribution in [3.8, 4) is 11.5 Å². The molecular formula is C7H8N2O2S. The number of nitrogens with one attached hydrogen (secondary N) is 1. The third kappa shape index (κ3) is 2.00. The number of benzene rings is 1. The van der Waals surface area contributed by atoms with Gasteiger partial charge in [-0.1, -0.05) is 0 Å². The van der Waals surface area contributed by atoms with Crippen LogP contribution in [0.2, 0.25) is 0 Å². The molecule has 1 aromatic rings. The Hall–Kier alpha value is -1.49. The average molecular weight is 184 g/mol. The van der Waals surface area contributed by atoms with Gasteiger partial charge in [-0.3, -0.25) is 0 Å². The maximum atomic E-state index is 9.04. The molecule has 0 bridgehead atoms. The van der Waals surface area contributed by atoms with E-state index in [1.807, 2.05) is 0 Å². The molecule has 0 atom stereocenters. The SMILES string of the molecule is NC(=S)Nc1ccc(O)c(O)c1. The molecule has 0 saturated heterocycles. The lowest BCUT2D eigenvalue weighted by molar-refractivity contribution is 0.404. The second-order valence-electron chi connectivity index (χ2n) is 2.19. The number of anilines is 1. The summed E-state index contributed by atoms with van der Waals surface area (Å²) in [7, 11) is 0. The highest BCUT2D eigenvalue weighted by molar-refractivity contribution is 7.80. The molecule has 1 rings (SSSR count).